The van der Waals surface area contributed by atoms with E-state index in [9.17, 15) is 27.2 Å². The molecule has 2 heterocycles. The summed E-state index contributed by atoms with van der Waals surface area (Å²) < 4.78 is 57.8. The van der Waals surface area contributed by atoms with Gasteiger partial charge in [0.1, 0.15) is 11.6 Å². The van der Waals surface area contributed by atoms with Crippen LogP contribution in [-0.2, 0) is 28.4 Å². The van der Waals surface area contributed by atoms with Gasteiger partial charge < -0.3 is 10.5 Å². The molecule has 2 N–H and O–H groups in total. The van der Waals surface area contributed by atoms with Crippen LogP contribution >= 0.6 is 0 Å². The van der Waals surface area contributed by atoms with Gasteiger partial charge >= 0.3 is 5.97 Å². The molecule has 0 saturated heterocycles. The van der Waals surface area contributed by atoms with E-state index in [-0.39, 0.29) is 23.2 Å². The van der Waals surface area contributed by atoms with Gasteiger partial charge in [0.2, 0.25) is 0 Å². The molecule has 0 atom stereocenters. The van der Waals surface area contributed by atoms with Gasteiger partial charge in [0.05, 0.1) is 24.3 Å². The lowest BCUT2D eigenvalue weighted by Crippen LogP contribution is -2.16. The van der Waals surface area contributed by atoms with E-state index in [1.807, 2.05) is 0 Å². The number of nitrogens with two attached hydrogens (primary N) is 1. The number of halogens is 4. The highest BCUT2D eigenvalue weighted by Crippen LogP contribution is 2.51. The molecule has 4 aromatic rings. The summed E-state index contributed by atoms with van der Waals surface area (Å²) in [7, 11) is 0. The molecular formula is C33H31F4N5O3. The summed E-state index contributed by atoms with van der Waals surface area (Å²) in [5, 5.41) is 0. The zero-order valence-corrected chi connectivity index (χ0v) is 24.5. The fraction of sp³-hybridized carbons (Fsp3) is 0.333. The smallest absolute Gasteiger partial charge is 0.341 e. The van der Waals surface area contributed by atoms with Crippen LogP contribution in [0, 0.1) is 23.3 Å². The second kappa shape index (κ2) is 13.2. The fourth-order valence-corrected chi connectivity index (χ4v) is 5.17. The Morgan fingerprint density at radius 2 is 1.13 bits per heavy atom. The average molecular weight is 622 g/mol. The van der Waals surface area contributed by atoms with Gasteiger partial charge in [-0.1, -0.05) is 12.1 Å². The predicted octanol–water partition coefficient (Wildman–Crippen LogP) is 5.38. The average Bonchev–Trinajstić information content (AvgIpc) is 3.98. The van der Waals surface area contributed by atoms with Crippen molar-refractivity contribution in [2.24, 2.45) is 5.73 Å². The minimum absolute atomic E-state index is 0.0818. The van der Waals surface area contributed by atoms with E-state index in [0.29, 0.717) is 42.2 Å². The number of ketones is 1. The normalized spacial score (nSPS) is 15.4. The largest absolute Gasteiger partial charge is 0.462 e. The number of esters is 1. The van der Waals surface area contributed by atoms with Crippen LogP contribution in [0.4, 0.5) is 17.6 Å². The summed E-state index contributed by atoms with van der Waals surface area (Å²) in [4.78, 5) is 39.7. The van der Waals surface area contributed by atoms with E-state index < -0.39 is 29.2 Å². The molecule has 0 spiro atoms. The van der Waals surface area contributed by atoms with Crippen LogP contribution in [0.2, 0.25) is 0 Å². The van der Waals surface area contributed by atoms with Crippen molar-refractivity contribution in [1.82, 2.24) is 19.9 Å². The van der Waals surface area contributed by atoms with Gasteiger partial charge in [0, 0.05) is 48.5 Å². The van der Waals surface area contributed by atoms with Gasteiger partial charge in [0.25, 0.3) is 0 Å². The third-order valence-corrected chi connectivity index (χ3v) is 8.19. The number of carbonyl (C=O) groups is 2. The molecule has 0 bridgehead atoms. The Labute approximate surface area is 257 Å². The molecule has 0 amide bonds. The molecule has 0 radical (unpaired) electrons. The van der Waals surface area contributed by atoms with Gasteiger partial charge in [-0.25, -0.2) is 42.3 Å². The molecule has 0 aliphatic heterocycles. The Balaban J connectivity index is 0.000000178. The van der Waals surface area contributed by atoms with Crippen LogP contribution in [-0.4, -0.2) is 44.8 Å². The predicted molar refractivity (Wildman–Crippen MR) is 155 cm³/mol. The van der Waals surface area contributed by atoms with Gasteiger partial charge in [-0.15, -0.1) is 0 Å². The summed E-state index contributed by atoms with van der Waals surface area (Å²) >= 11 is 0. The first-order valence-corrected chi connectivity index (χ1v) is 14.5. The van der Waals surface area contributed by atoms with Gasteiger partial charge in [-0.05, 0) is 68.0 Å². The van der Waals surface area contributed by atoms with Gasteiger partial charge in [-0.2, -0.15) is 0 Å². The molecule has 8 nitrogen and oxygen atoms in total. The van der Waals surface area contributed by atoms with Crippen LogP contribution in [0.3, 0.4) is 0 Å². The van der Waals surface area contributed by atoms with E-state index in [1.54, 1.807) is 19.1 Å². The number of nitrogens with zero attached hydrogens (tertiary/aromatic N) is 4. The van der Waals surface area contributed by atoms with Crippen molar-refractivity contribution in [2.75, 3.05) is 13.2 Å². The maximum Gasteiger partial charge on any atom is 0.341 e. The summed E-state index contributed by atoms with van der Waals surface area (Å²) in [6.45, 7) is 1.94. The maximum absolute atomic E-state index is 13.4. The second-order valence-corrected chi connectivity index (χ2v) is 11.3. The van der Waals surface area contributed by atoms with Crippen LogP contribution in [0.5, 0.6) is 0 Å². The molecule has 0 unspecified atom stereocenters. The van der Waals surface area contributed by atoms with Crippen LogP contribution in [0.25, 0.3) is 0 Å². The van der Waals surface area contributed by atoms with E-state index in [0.717, 1.165) is 48.9 Å². The second-order valence-electron chi connectivity index (χ2n) is 11.3. The number of carbonyl (C=O) groups excluding carboxylic acids is 2. The topological polar surface area (TPSA) is 121 Å². The molecule has 2 aliphatic rings. The van der Waals surface area contributed by atoms with Crippen molar-refractivity contribution >= 4 is 11.8 Å². The summed E-state index contributed by atoms with van der Waals surface area (Å²) in [5.41, 5.74) is 7.02. The summed E-state index contributed by atoms with van der Waals surface area (Å²) in [6.07, 6.45) is 10.4. The van der Waals surface area contributed by atoms with E-state index in [2.05, 4.69) is 19.9 Å². The van der Waals surface area contributed by atoms with E-state index in [1.165, 1.54) is 36.9 Å². The molecule has 45 heavy (non-hydrogen) atoms. The number of aromatic nitrogens is 4. The first-order valence-electron chi connectivity index (χ1n) is 14.5. The highest BCUT2D eigenvalue weighted by molar-refractivity contribution is 5.96. The van der Waals surface area contributed by atoms with Gasteiger partial charge in [-0.3, -0.25) is 4.79 Å². The number of Topliss-reactive ketones (excluding diaryl/α,β-unsaturated/α-hetero) is 1. The summed E-state index contributed by atoms with van der Waals surface area (Å²) in [6, 6.07) is 8.00. The highest BCUT2D eigenvalue weighted by Gasteiger charge is 2.46. The molecule has 2 fully saturated rings. The molecule has 6 rings (SSSR count). The molecule has 234 valence electrons. The first-order chi connectivity index (χ1) is 21.6. The molecular weight excluding hydrogens is 590 g/mol. The Kier molecular flexibility index (Phi) is 9.33. The van der Waals surface area contributed by atoms with Crippen molar-refractivity contribution in [1.29, 1.82) is 0 Å². The highest BCUT2D eigenvalue weighted by atomic mass is 19.2. The standard InChI is InChI=1S/C17H16F2N2O2.C16H15F2N3O/c1-2-23-16(22)11-9-20-15(21-10-11)8-17(5-6-17)12-3-4-13(18)14(19)7-12;17-12-2-1-11(5-13(12)18)16(3-4-16)6-15-20-8-10(9-21-15)14(22)7-19/h3-4,7,9-10H,2,5-6,8H2,1H3;1-2,5,8-9H,3-4,6-7,19H2. The lowest BCUT2D eigenvalue weighted by molar-refractivity contribution is 0.0525. The Morgan fingerprint density at radius 3 is 1.49 bits per heavy atom. The quantitative estimate of drug-likeness (QED) is 0.142. The van der Waals surface area contributed by atoms with Crippen LogP contribution in [0.15, 0.2) is 61.2 Å². The number of ether oxygens (including phenoxy) is 1. The maximum atomic E-state index is 13.4. The lowest BCUT2D eigenvalue weighted by Gasteiger charge is -2.15. The van der Waals surface area contributed by atoms with Crippen molar-refractivity contribution in [2.45, 2.75) is 56.3 Å². The minimum Gasteiger partial charge on any atom is -0.462 e. The Bertz CT molecular complexity index is 1690. The first kappa shape index (κ1) is 31.8. The Morgan fingerprint density at radius 1 is 0.711 bits per heavy atom. The van der Waals surface area contributed by atoms with Gasteiger partial charge in [0.15, 0.2) is 29.1 Å². The van der Waals surface area contributed by atoms with Crippen LogP contribution in [0.1, 0.15) is 76.1 Å². The third-order valence-electron chi connectivity index (χ3n) is 8.19. The van der Waals surface area contributed by atoms with E-state index in [4.69, 9.17) is 10.5 Å². The SMILES string of the molecule is CCOC(=O)c1cnc(CC2(c3ccc(F)c(F)c3)CC2)nc1.NCC(=O)c1cnc(CC2(c3ccc(F)c(F)c3)CC2)nc1. The van der Waals surface area contributed by atoms with E-state index >= 15 is 0 Å². The van der Waals surface area contributed by atoms with Crippen molar-refractivity contribution in [3.05, 3.63) is 118 Å². The fourth-order valence-electron chi connectivity index (χ4n) is 5.17. The third kappa shape index (κ3) is 7.39. The zero-order chi connectivity index (χ0) is 32.2. The molecule has 2 aromatic carbocycles. The molecule has 2 saturated carbocycles. The lowest BCUT2D eigenvalue weighted by atomic mass is 9.92. The number of hydrogen-bond donors (Lipinski definition) is 1. The molecule has 12 heteroatoms. The monoisotopic (exact) mass is 621 g/mol. The number of rotatable bonds is 10. The Hall–Kier alpha value is -4.58. The minimum atomic E-state index is -0.848. The number of hydrogen-bond acceptors (Lipinski definition) is 8. The van der Waals surface area contributed by atoms with Crippen molar-refractivity contribution in [3.8, 4) is 0 Å². The number of benzene rings is 2. The summed E-state index contributed by atoms with van der Waals surface area (Å²) in [5.74, 6) is -2.90. The van der Waals surface area contributed by atoms with Crippen molar-refractivity contribution < 1.29 is 31.9 Å². The zero-order valence-electron chi connectivity index (χ0n) is 24.5. The molecule has 2 aromatic heterocycles. The van der Waals surface area contributed by atoms with Crippen molar-refractivity contribution in [3.63, 3.8) is 0 Å². The van der Waals surface area contributed by atoms with Crippen LogP contribution < -0.4 is 5.73 Å². The molecule has 2 aliphatic carbocycles.